The molecular formula is C8H14N2O2. The first kappa shape index (κ1) is 9.22. The SMILES string of the molecule is Cc1cc([C@H](O)CCO)nn1C. The number of aryl methyl sites for hydroxylation is 2. The quantitative estimate of drug-likeness (QED) is 0.678. The second kappa shape index (κ2) is 3.69. The van der Waals surface area contributed by atoms with Crippen molar-refractivity contribution in [1.29, 1.82) is 0 Å². The van der Waals surface area contributed by atoms with E-state index < -0.39 is 6.10 Å². The van der Waals surface area contributed by atoms with Gasteiger partial charge in [0, 0.05) is 25.8 Å². The molecule has 0 saturated carbocycles. The smallest absolute Gasteiger partial charge is 0.1000 e. The average molecular weight is 170 g/mol. The molecule has 0 aliphatic heterocycles. The van der Waals surface area contributed by atoms with Gasteiger partial charge in [-0.15, -0.1) is 0 Å². The predicted octanol–water partition coefficient (Wildman–Crippen LogP) is 0.144. The van der Waals surface area contributed by atoms with Crippen LogP contribution >= 0.6 is 0 Å². The summed E-state index contributed by atoms with van der Waals surface area (Å²) in [6.45, 7) is 1.90. The minimum atomic E-state index is -0.644. The topological polar surface area (TPSA) is 58.3 Å². The molecule has 12 heavy (non-hydrogen) atoms. The van der Waals surface area contributed by atoms with Crippen LogP contribution < -0.4 is 0 Å². The van der Waals surface area contributed by atoms with Gasteiger partial charge in [-0.1, -0.05) is 0 Å². The van der Waals surface area contributed by atoms with Crippen LogP contribution in [0.15, 0.2) is 6.07 Å². The second-order valence-corrected chi connectivity index (χ2v) is 2.86. The van der Waals surface area contributed by atoms with Gasteiger partial charge in [0.2, 0.25) is 0 Å². The van der Waals surface area contributed by atoms with E-state index in [4.69, 9.17) is 5.11 Å². The molecule has 68 valence electrons. The predicted molar refractivity (Wildman–Crippen MR) is 44.6 cm³/mol. The van der Waals surface area contributed by atoms with Crippen LogP contribution in [-0.2, 0) is 7.05 Å². The zero-order chi connectivity index (χ0) is 9.14. The minimum absolute atomic E-state index is 0.0171. The molecule has 1 atom stereocenters. The standard InChI is InChI=1S/C8H14N2O2/c1-6-5-7(9-10(6)2)8(12)3-4-11/h5,8,11-12H,3-4H2,1-2H3/t8-/m1/s1. The highest BCUT2D eigenvalue weighted by molar-refractivity contribution is 5.10. The Morgan fingerprint density at radius 3 is 2.75 bits per heavy atom. The summed E-state index contributed by atoms with van der Waals surface area (Å²) >= 11 is 0. The van der Waals surface area contributed by atoms with Gasteiger partial charge in [-0.3, -0.25) is 4.68 Å². The van der Waals surface area contributed by atoms with Crippen LogP contribution in [0.5, 0.6) is 0 Å². The molecule has 0 saturated heterocycles. The number of nitrogens with zero attached hydrogens (tertiary/aromatic N) is 2. The van der Waals surface area contributed by atoms with Gasteiger partial charge in [0.1, 0.15) is 0 Å². The molecule has 0 aliphatic rings. The zero-order valence-corrected chi connectivity index (χ0v) is 7.36. The molecule has 1 heterocycles. The lowest BCUT2D eigenvalue weighted by molar-refractivity contribution is 0.130. The first-order valence-corrected chi connectivity index (χ1v) is 3.94. The molecule has 4 nitrogen and oxygen atoms in total. The fraction of sp³-hybridized carbons (Fsp3) is 0.625. The maximum absolute atomic E-state index is 9.42. The fourth-order valence-corrected chi connectivity index (χ4v) is 1.02. The fourth-order valence-electron chi connectivity index (χ4n) is 1.02. The molecule has 0 bridgehead atoms. The van der Waals surface area contributed by atoms with Gasteiger partial charge in [-0.05, 0) is 13.0 Å². The number of aliphatic hydroxyl groups excluding tert-OH is 2. The van der Waals surface area contributed by atoms with Crippen molar-refractivity contribution in [3.05, 3.63) is 17.5 Å². The van der Waals surface area contributed by atoms with Crippen LogP contribution in [0.2, 0.25) is 0 Å². The van der Waals surface area contributed by atoms with E-state index in [-0.39, 0.29) is 6.61 Å². The molecule has 0 aromatic carbocycles. The number of hydrogen-bond acceptors (Lipinski definition) is 3. The van der Waals surface area contributed by atoms with Crippen molar-refractivity contribution in [3.63, 3.8) is 0 Å². The van der Waals surface area contributed by atoms with Crippen LogP contribution in [0.25, 0.3) is 0 Å². The Labute approximate surface area is 71.5 Å². The van der Waals surface area contributed by atoms with E-state index in [0.29, 0.717) is 12.1 Å². The van der Waals surface area contributed by atoms with Gasteiger partial charge in [0.05, 0.1) is 11.8 Å². The van der Waals surface area contributed by atoms with Crippen molar-refractivity contribution < 1.29 is 10.2 Å². The summed E-state index contributed by atoms with van der Waals surface area (Å²) in [6.07, 6.45) is -0.300. The molecule has 1 aromatic rings. The molecular weight excluding hydrogens is 156 g/mol. The summed E-state index contributed by atoms with van der Waals surface area (Å²) < 4.78 is 1.70. The van der Waals surface area contributed by atoms with E-state index >= 15 is 0 Å². The van der Waals surface area contributed by atoms with Crippen molar-refractivity contribution in [2.45, 2.75) is 19.4 Å². The highest BCUT2D eigenvalue weighted by Crippen LogP contribution is 2.14. The Balaban J connectivity index is 2.74. The van der Waals surface area contributed by atoms with Crippen molar-refractivity contribution >= 4 is 0 Å². The first-order chi connectivity index (χ1) is 5.65. The van der Waals surface area contributed by atoms with Gasteiger partial charge in [-0.2, -0.15) is 5.10 Å². The molecule has 1 rings (SSSR count). The molecule has 0 amide bonds. The van der Waals surface area contributed by atoms with E-state index in [2.05, 4.69) is 5.10 Å². The van der Waals surface area contributed by atoms with Crippen LogP contribution in [0.3, 0.4) is 0 Å². The molecule has 0 aliphatic carbocycles. The van der Waals surface area contributed by atoms with Crippen LogP contribution in [-0.4, -0.2) is 26.6 Å². The largest absolute Gasteiger partial charge is 0.396 e. The van der Waals surface area contributed by atoms with Crippen molar-refractivity contribution in [3.8, 4) is 0 Å². The summed E-state index contributed by atoms with van der Waals surface area (Å²) in [7, 11) is 1.82. The molecule has 0 radical (unpaired) electrons. The molecule has 0 fully saturated rings. The van der Waals surface area contributed by atoms with Gasteiger partial charge in [0.15, 0.2) is 0 Å². The number of hydrogen-bond donors (Lipinski definition) is 2. The Morgan fingerprint density at radius 1 is 1.67 bits per heavy atom. The molecule has 2 N–H and O–H groups in total. The van der Waals surface area contributed by atoms with E-state index in [1.54, 1.807) is 4.68 Å². The van der Waals surface area contributed by atoms with Gasteiger partial charge in [0.25, 0.3) is 0 Å². The van der Waals surface area contributed by atoms with E-state index in [1.807, 2.05) is 20.0 Å². The Kier molecular flexibility index (Phi) is 2.83. The monoisotopic (exact) mass is 170 g/mol. The third-order valence-corrected chi connectivity index (χ3v) is 1.88. The van der Waals surface area contributed by atoms with E-state index in [1.165, 1.54) is 0 Å². The maximum atomic E-state index is 9.42. The second-order valence-electron chi connectivity index (χ2n) is 2.86. The summed E-state index contributed by atoms with van der Waals surface area (Å²) in [5.41, 5.74) is 1.63. The lowest BCUT2D eigenvalue weighted by atomic mass is 10.2. The summed E-state index contributed by atoms with van der Waals surface area (Å²) in [6, 6.07) is 1.82. The van der Waals surface area contributed by atoms with Crippen LogP contribution in [0, 0.1) is 6.92 Å². The van der Waals surface area contributed by atoms with Crippen LogP contribution in [0.4, 0.5) is 0 Å². The summed E-state index contributed by atoms with van der Waals surface area (Å²) in [5, 5.41) is 22.1. The highest BCUT2D eigenvalue weighted by Gasteiger charge is 2.10. The number of aromatic nitrogens is 2. The van der Waals surface area contributed by atoms with E-state index in [0.717, 1.165) is 5.69 Å². The highest BCUT2D eigenvalue weighted by atomic mass is 16.3. The third kappa shape index (κ3) is 1.84. The number of aliphatic hydroxyl groups is 2. The zero-order valence-electron chi connectivity index (χ0n) is 7.36. The molecule has 1 aromatic heterocycles. The number of rotatable bonds is 3. The Morgan fingerprint density at radius 2 is 2.33 bits per heavy atom. The minimum Gasteiger partial charge on any atom is -0.396 e. The van der Waals surface area contributed by atoms with Crippen LogP contribution in [0.1, 0.15) is 23.9 Å². The summed E-state index contributed by atoms with van der Waals surface area (Å²) in [5.74, 6) is 0. The average Bonchev–Trinajstić information content (AvgIpc) is 2.33. The summed E-state index contributed by atoms with van der Waals surface area (Å²) in [4.78, 5) is 0. The lowest BCUT2D eigenvalue weighted by Crippen LogP contribution is -2.02. The van der Waals surface area contributed by atoms with Crippen molar-refractivity contribution in [1.82, 2.24) is 9.78 Å². The van der Waals surface area contributed by atoms with Gasteiger partial charge >= 0.3 is 0 Å². The normalized spacial score (nSPS) is 13.3. The third-order valence-electron chi connectivity index (χ3n) is 1.88. The maximum Gasteiger partial charge on any atom is 0.1000 e. The van der Waals surface area contributed by atoms with Crippen molar-refractivity contribution in [2.24, 2.45) is 7.05 Å². The van der Waals surface area contributed by atoms with Gasteiger partial charge in [-0.25, -0.2) is 0 Å². The lowest BCUT2D eigenvalue weighted by Gasteiger charge is -2.03. The molecule has 4 heteroatoms. The molecule has 0 unspecified atom stereocenters. The van der Waals surface area contributed by atoms with Gasteiger partial charge < -0.3 is 10.2 Å². The Bertz CT molecular complexity index is 238. The first-order valence-electron chi connectivity index (χ1n) is 3.94. The van der Waals surface area contributed by atoms with E-state index in [9.17, 15) is 5.11 Å². The molecule has 0 spiro atoms. The Hall–Kier alpha value is -0.870. The van der Waals surface area contributed by atoms with Crippen molar-refractivity contribution in [2.75, 3.05) is 6.61 Å².